The highest BCUT2D eigenvalue weighted by molar-refractivity contribution is 6.51. The summed E-state index contributed by atoms with van der Waals surface area (Å²) >= 11 is 6.01. The first-order valence-electron chi connectivity index (χ1n) is 8.70. The third-order valence-electron chi connectivity index (χ3n) is 4.67. The number of carbonyl (C=O) groups is 2. The van der Waals surface area contributed by atoms with Gasteiger partial charge in [-0.3, -0.25) is 19.5 Å². The van der Waals surface area contributed by atoms with Crippen LogP contribution in [0.5, 0.6) is 0 Å². The molecule has 2 heterocycles. The van der Waals surface area contributed by atoms with E-state index in [1.165, 1.54) is 47.6 Å². The Morgan fingerprint density at radius 1 is 1.03 bits per heavy atom. The van der Waals surface area contributed by atoms with Gasteiger partial charge in [-0.15, -0.1) is 0 Å². The number of Topliss-reactive ketones (excluding diaryl/α,β-unsaturated/α-hetero) is 1. The molecular weight excluding hydrogens is 395 g/mol. The van der Waals surface area contributed by atoms with Crippen molar-refractivity contribution in [2.75, 3.05) is 4.90 Å². The molecule has 0 saturated carbocycles. The quantitative estimate of drug-likeness (QED) is 0.393. The Balaban J connectivity index is 1.94. The number of halogens is 2. The first-order valence-corrected chi connectivity index (χ1v) is 9.07. The van der Waals surface area contributed by atoms with Crippen molar-refractivity contribution in [1.82, 2.24) is 4.98 Å². The fraction of sp³-hybridized carbons (Fsp3) is 0.0455. The summed E-state index contributed by atoms with van der Waals surface area (Å²) in [6, 6.07) is 14.0. The molecule has 0 bridgehead atoms. The number of aliphatic hydroxyl groups is 1. The second-order valence-electron chi connectivity index (χ2n) is 6.44. The van der Waals surface area contributed by atoms with Crippen LogP contribution in [0.1, 0.15) is 17.2 Å². The maximum absolute atomic E-state index is 13.4. The number of aliphatic hydroxyl groups excluding tert-OH is 1. The Morgan fingerprint density at radius 2 is 1.72 bits per heavy atom. The molecule has 4 rings (SSSR count). The predicted octanol–water partition coefficient (Wildman–Crippen LogP) is 4.50. The Morgan fingerprint density at radius 3 is 2.38 bits per heavy atom. The largest absolute Gasteiger partial charge is 0.507 e. The molecule has 0 spiro atoms. The molecule has 7 heteroatoms. The lowest BCUT2D eigenvalue weighted by Crippen LogP contribution is -2.29. The molecule has 1 unspecified atom stereocenters. The van der Waals surface area contributed by atoms with E-state index in [1.807, 2.05) is 0 Å². The average Bonchev–Trinajstić information content (AvgIpc) is 3.00. The third-order valence-corrected chi connectivity index (χ3v) is 4.90. The van der Waals surface area contributed by atoms with Crippen molar-refractivity contribution in [1.29, 1.82) is 0 Å². The van der Waals surface area contributed by atoms with Crippen molar-refractivity contribution in [2.24, 2.45) is 0 Å². The summed E-state index contributed by atoms with van der Waals surface area (Å²) < 4.78 is 13.4. The molecule has 1 amide bonds. The summed E-state index contributed by atoms with van der Waals surface area (Å²) in [6.07, 6.45) is 3.05. The number of hydrogen-bond acceptors (Lipinski definition) is 4. The fourth-order valence-corrected chi connectivity index (χ4v) is 3.54. The molecule has 1 N–H and O–H groups in total. The molecule has 1 aliphatic heterocycles. The molecule has 1 aromatic heterocycles. The monoisotopic (exact) mass is 408 g/mol. The SMILES string of the molecule is O=C1C(=O)N(c2ccc(F)cc2)C(c2ccncc2)/C1=C(/O)c1cccc(Cl)c1. The minimum atomic E-state index is -0.901. The number of anilines is 1. The van der Waals surface area contributed by atoms with Gasteiger partial charge < -0.3 is 5.11 Å². The lowest BCUT2D eigenvalue weighted by Gasteiger charge is -2.25. The number of hydrogen-bond donors (Lipinski definition) is 1. The molecule has 5 nitrogen and oxygen atoms in total. The number of benzene rings is 2. The Labute approximate surface area is 170 Å². The van der Waals surface area contributed by atoms with Gasteiger partial charge in [0, 0.05) is 28.7 Å². The van der Waals surface area contributed by atoms with E-state index in [0.29, 0.717) is 21.8 Å². The molecule has 2 aromatic carbocycles. The van der Waals surface area contributed by atoms with Gasteiger partial charge >= 0.3 is 0 Å². The lowest BCUT2D eigenvalue weighted by molar-refractivity contribution is -0.132. The van der Waals surface area contributed by atoms with Gasteiger partial charge in [0.2, 0.25) is 0 Å². The van der Waals surface area contributed by atoms with E-state index >= 15 is 0 Å². The zero-order valence-electron chi connectivity index (χ0n) is 14.9. The molecule has 1 aliphatic rings. The summed E-state index contributed by atoms with van der Waals surface area (Å²) in [4.78, 5) is 31.0. The Kier molecular flexibility index (Phi) is 4.86. The third kappa shape index (κ3) is 3.39. The predicted molar refractivity (Wildman–Crippen MR) is 107 cm³/mol. The van der Waals surface area contributed by atoms with Crippen LogP contribution < -0.4 is 4.90 Å². The van der Waals surface area contributed by atoms with Gasteiger partial charge in [-0.2, -0.15) is 0 Å². The maximum atomic E-state index is 13.4. The zero-order valence-corrected chi connectivity index (χ0v) is 15.7. The highest BCUT2D eigenvalue weighted by Gasteiger charge is 2.46. The molecule has 1 saturated heterocycles. The van der Waals surface area contributed by atoms with E-state index in [9.17, 15) is 19.1 Å². The van der Waals surface area contributed by atoms with Crippen LogP contribution in [-0.4, -0.2) is 21.8 Å². The van der Waals surface area contributed by atoms with Crippen LogP contribution in [0.2, 0.25) is 5.02 Å². The van der Waals surface area contributed by atoms with Crippen LogP contribution in [0, 0.1) is 5.82 Å². The molecule has 29 heavy (non-hydrogen) atoms. The van der Waals surface area contributed by atoms with Gasteiger partial charge in [0.15, 0.2) is 0 Å². The number of rotatable bonds is 3. The standard InChI is InChI=1S/C22H14ClFN2O3/c23-15-3-1-2-14(12-15)20(27)18-19(13-8-10-25-11-9-13)26(22(29)21(18)28)17-6-4-16(24)5-7-17/h1-12,19,27H/b20-18-. The molecular formula is C22H14ClFN2O3. The van der Waals surface area contributed by atoms with Crippen molar-refractivity contribution < 1.29 is 19.1 Å². The van der Waals surface area contributed by atoms with Gasteiger partial charge in [0.05, 0.1) is 11.6 Å². The summed E-state index contributed by atoms with van der Waals surface area (Å²) in [5.41, 5.74) is 1.15. The van der Waals surface area contributed by atoms with Gasteiger partial charge in [-0.25, -0.2) is 4.39 Å². The number of nitrogens with zero attached hydrogens (tertiary/aromatic N) is 2. The van der Waals surface area contributed by atoms with Crippen LogP contribution in [0.4, 0.5) is 10.1 Å². The number of carbonyl (C=O) groups excluding carboxylic acids is 2. The van der Waals surface area contributed by atoms with E-state index in [-0.39, 0.29) is 11.3 Å². The van der Waals surface area contributed by atoms with Crippen LogP contribution in [0.15, 0.2) is 78.6 Å². The second-order valence-corrected chi connectivity index (χ2v) is 6.87. The number of aromatic nitrogens is 1. The Bertz CT molecular complexity index is 1130. The number of pyridine rings is 1. The van der Waals surface area contributed by atoms with E-state index in [1.54, 1.807) is 30.3 Å². The van der Waals surface area contributed by atoms with Crippen molar-refractivity contribution in [2.45, 2.75) is 6.04 Å². The first kappa shape index (κ1) is 18.8. The number of ketones is 1. The van der Waals surface area contributed by atoms with E-state index in [2.05, 4.69) is 4.98 Å². The molecule has 144 valence electrons. The minimum Gasteiger partial charge on any atom is -0.507 e. The van der Waals surface area contributed by atoms with Crippen LogP contribution in [0.3, 0.4) is 0 Å². The van der Waals surface area contributed by atoms with Crippen molar-refractivity contribution in [3.63, 3.8) is 0 Å². The van der Waals surface area contributed by atoms with Crippen molar-refractivity contribution >= 4 is 34.7 Å². The summed E-state index contributed by atoms with van der Waals surface area (Å²) in [7, 11) is 0. The summed E-state index contributed by atoms with van der Waals surface area (Å²) in [5.74, 6) is -2.46. The van der Waals surface area contributed by atoms with Gasteiger partial charge in [0.25, 0.3) is 11.7 Å². The average molecular weight is 409 g/mol. The zero-order chi connectivity index (χ0) is 20.5. The van der Waals surface area contributed by atoms with Crippen molar-refractivity contribution in [3.05, 3.63) is 101 Å². The summed E-state index contributed by atoms with van der Waals surface area (Å²) in [5, 5.41) is 11.3. The normalized spacial score (nSPS) is 18.3. The smallest absolute Gasteiger partial charge is 0.300 e. The molecule has 1 atom stereocenters. The van der Waals surface area contributed by atoms with E-state index in [4.69, 9.17) is 11.6 Å². The van der Waals surface area contributed by atoms with E-state index < -0.39 is 23.5 Å². The van der Waals surface area contributed by atoms with Crippen LogP contribution in [-0.2, 0) is 9.59 Å². The molecule has 1 fully saturated rings. The number of amides is 1. The highest BCUT2D eigenvalue weighted by atomic mass is 35.5. The van der Waals surface area contributed by atoms with Crippen LogP contribution in [0.25, 0.3) is 5.76 Å². The maximum Gasteiger partial charge on any atom is 0.300 e. The highest BCUT2D eigenvalue weighted by Crippen LogP contribution is 2.42. The molecule has 3 aromatic rings. The molecule has 0 aliphatic carbocycles. The van der Waals surface area contributed by atoms with E-state index in [0.717, 1.165) is 0 Å². The fourth-order valence-electron chi connectivity index (χ4n) is 3.35. The van der Waals surface area contributed by atoms with Crippen molar-refractivity contribution in [3.8, 4) is 0 Å². The van der Waals surface area contributed by atoms with Gasteiger partial charge in [0.1, 0.15) is 11.6 Å². The lowest BCUT2D eigenvalue weighted by atomic mass is 9.96. The Hall–Kier alpha value is -3.51. The van der Waals surface area contributed by atoms with Crippen LogP contribution >= 0.6 is 11.6 Å². The minimum absolute atomic E-state index is 0.0761. The topological polar surface area (TPSA) is 70.5 Å². The van der Waals surface area contributed by atoms with Gasteiger partial charge in [-0.05, 0) is 54.1 Å². The first-order chi connectivity index (χ1) is 14.0. The second kappa shape index (κ2) is 7.48. The van der Waals surface area contributed by atoms with Gasteiger partial charge in [-0.1, -0.05) is 23.7 Å². The summed E-state index contributed by atoms with van der Waals surface area (Å²) in [6.45, 7) is 0. The molecule has 0 radical (unpaired) electrons.